The van der Waals surface area contributed by atoms with Crippen molar-refractivity contribution in [2.75, 3.05) is 32.1 Å². The van der Waals surface area contributed by atoms with Crippen LogP contribution in [0.1, 0.15) is 0 Å². The molecule has 3 rings (SSSR count). The first-order valence-corrected chi connectivity index (χ1v) is 6.88. The highest BCUT2D eigenvalue weighted by atomic mass is 79.9. The lowest BCUT2D eigenvalue weighted by molar-refractivity contribution is 0.207. The molecular formula is C12H14BrN5O. The molecule has 0 spiro atoms. The van der Waals surface area contributed by atoms with Crippen molar-refractivity contribution in [3.63, 3.8) is 0 Å². The minimum absolute atomic E-state index is 0.508. The third-order valence-corrected chi connectivity index (χ3v) is 3.60. The van der Waals surface area contributed by atoms with Gasteiger partial charge in [0.15, 0.2) is 0 Å². The van der Waals surface area contributed by atoms with Gasteiger partial charge in [-0.15, -0.1) is 0 Å². The molecule has 0 saturated heterocycles. The lowest BCUT2D eigenvalue weighted by Gasteiger charge is -2.13. The summed E-state index contributed by atoms with van der Waals surface area (Å²) in [6, 6.07) is 2.03. The van der Waals surface area contributed by atoms with Crippen molar-refractivity contribution >= 4 is 21.7 Å². The number of nitrogens with one attached hydrogen (secondary N) is 1. The molecule has 0 saturated carbocycles. The van der Waals surface area contributed by atoms with Crippen LogP contribution in [0.3, 0.4) is 0 Å². The van der Waals surface area contributed by atoms with Crippen molar-refractivity contribution in [1.82, 2.24) is 14.5 Å². The zero-order chi connectivity index (χ0) is 13.2. The maximum Gasteiger partial charge on any atom is 0.246 e. The summed E-state index contributed by atoms with van der Waals surface area (Å²) in [5, 5.41) is 3.34. The van der Waals surface area contributed by atoms with E-state index in [-0.39, 0.29) is 0 Å². The molecule has 3 heterocycles. The number of pyridine rings is 1. The quantitative estimate of drug-likeness (QED) is 0.860. The smallest absolute Gasteiger partial charge is 0.246 e. The largest absolute Gasteiger partial charge is 0.383 e. The Morgan fingerprint density at radius 1 is 1.58 bits per heavy atom. The lowest BCUT2D eigenvalue weighted by Crippen LogP contribution is -2.18. The minimum Gasteiger partial charge on any atom is -0.383 e. The molecule has 0 aromatic rings. The SMILES string of the molecule is COCCN=c1ncc2cc(Br)c3n(c-2n1)CCN3. The van der Waals surface area contributed by atoms with Gasteiger partial charge in [-0.25, -0.2) is 9.98 Å². The standard InChI is InChI=1S/C12H14BrN5O/c1-19-5-3-15-12-16-7-8-6-9(13)11-14-2-4-18(11)10(8)17-12/h6-7,14H,2-5H2,1H3. The highest BCUT2D eigenvalue weighted by molar-refractivity contribution is 9.10. The molecule has 6 nitrogen and oxygen atoms in total. The van der Waals surface area contributed by atoms with E-state index < -0.39 is 0 Å². The van der Waals surface area contributed by atoms with Gasteiger partial charge in [-0.1, -0.05) is 0 Å². The van der Waals surface area contributed by atoms with Gasteiger partial charge in [0.1, 0.15) is 11.6 Å². The summed E-state index contributed by atoms with van der Waals surface area (Å²) < 4.78 is 8.15. The fraction of sp³-hybridized carbons (Fsp3) is 0.417. The fourth-order valence-electron chi connectivity index (χ4n) is 2.13. The third kappa shape index (κ3) is 2.35. The number of anilines is 1. The Morgan fingerprint density at radius 3 is 3.32 bits per heavy atom. The maximum absolute atomic E-state index is 4.97. The predicted octanol–water partition coefficient (Wildman–Crippen LogP) is 1.12. The second-order valence-corrected chi connectivity index (χ2v) is 5.10. The summed E-state index contributed by atoms with van der Waals surface area (Å²) in [4.78, 5) is 13.1. The molecule has 0 radical (unpaired) electrons. The van der Waals surface area contributed by atoms with Gasteiger partial charge in [0.2, 0.25) is 5.62 Å². The van der Waals surface area contributed by atoms with Crippen molar-refractivity contribution in [2.45, 2.75) is 6.54 Å². The molecule has 0 aromatic heterocycles. The molecule has 0 aliphatic carbocycles. The molecule has 1 N–H and O–H groups in total. The minimum atomic E-state index is 0.508. The Hall–Kier alpha value is -1.47. The molecule has 0 unspecified atom stereocenters. The van der Waals surface area contributed by atoms with Crippen LogP contribution in [0, 0.1) is 0 Å². The van der Waals surface area contributed by atoms with E-state index in [4.69, 9.17) is 4.74 Å². The molecule has 0 atom stereocenters. The van der Waals surface area contributed by atoms with E-state index in [0.29, 0.717) is 18.8 Å². The number of hydrogen-bond acceptors (Lipinski definition) is 5. The monoisotopic (exact) mass is 323 g/mol. The zero-order valence-corrected chi connectivity index (χ0v) is 12.1. The summed E-state index contributed by atoms with van der Waals surface area (Å²) in [6.45, 7) is 2.97. The zero-order valence-electron chi connectivity index (χ0n) is 10.6. The number of fused-ring (bicyclic) bond motifs is 3. The van der Waals surface area contributed by atoms with E-state index in [1.165, 1.54) is 0 Å². The Labute approximate surface area is 119 Å². The number of aromatic nitrogens is 3. The number of hydrogen-bond donors (Lipinski definition) is 1. The topological polar surface area (TPSA) is 64.3 Å². The summed E-state index contributed by atoms with van der Waals surface area (Å²) >= 11 is 3.56. The second kappa shape index (κ2) is 5.26. The Bertz CT molecular complexity index is 639. The van der Waals surface area contributed by atoms with Crippen molar-refractivity contribution in [2.24, 2.45) is 4.99 Å². The number of halogens is 1. The highest BCUT2D eigenvalue weighted by Gasteiger charge is 2.19. The summed E-state index contributed by atoms with van der Waals surface area (Å²) in [7, 11) is 1.66. The molecule has 7 heteroatoms. The van der Waals surface area contributed by atoms with E-state index in [1.807, 2.05) is 12.3 Å². The van der Waals surface area contributed by atoms with Gasteiger partial charge >= 0.3 is 0 Å². The van der Waals surface area contributed by atoms with E-state index >= 15 is 0 Å². The van der Waals surface area contributed by atoms with Gasteiger partial charge in [0, 0.05) is 32.0 Å². The number of rotatable bonds is 3. The van der Waals surface area contributed by atoms with Gasteiger partial charge in [-0.2, -0.15) is 4.98 Å². The number of ether oxygens (including phenoxy) is 1. The molecule has 3 aliphatic heterocycles. The first-order chi connectivity index (χ1) is 9.29. The van der Waals surface area contributed by atoms with Crippen LogP contribution in [-0.2, 0) is 11.3 Å². The van der Waals surface area contributed by atoms with Crippen molar-refractivity contribution < 1.29 is 4.74 Å². The molecule has 0 bridgehead atoms. The fourth-order valence-corrected chi connectivity index (χ4v) is 2.73. The van der Waals surface area contributed by atoms with Crippen molar-refractivity contribution in [1.29, 1.82) is 0 Å². The summed E-state index contributed by atoms with van der Waals surface area (Å²) in [5.41, 5.74) is 1.51. The van der Waals surface area contributed by atoms with Crippen LogP contribution in [0.25, 0.3) is 11.4 Å². The third-order valence-electron chi connectivity index (χ3n) is 2.99. The van der Waals surface area contributed by atoms with E-state index in [0.717, 1.165) is 34.8 Å². The molecule has 0 amide bonds. The molecule has 3 aliphatic rings. The van der Waals surface area contributed by atoms with Gasteiger partial charge in [0.05, 0.1) is 17.6 Å². The van der Waals surface area contributed by atoms with Crippen LogP contribution in [-0.4, -0.2) is 41.3 Å². The highest BCUT2D eigenvalue weighted by Crippen LogP contribution is 2.32. The molecular weight excluding hydrogens is 310 g/mol. The Morgan fingerprint density at radius 2 is 2.47 bits per heavy atom. The average Bonchev–Trinajstić information content (AvgIpc) is 2.90. The van der Waals surface area contributed by atoms with Crippen LogP contribution in [0.2, 0.25) is 0 Å². The van der Waals surface area contributed by atoms with Gasteiger partial charge < -0.3 is 14.6 Å². The van der Waals surface area contributed by atoms with Crippen LogP contribution < -0.4 is 10.9 Å². The summed E-state index contributed by atoms with van der Waals surface area (Å²) in [5.74, 6) is 1.98. The van der Waals surface area contributed by atoms with Crippen LogP contribution in [0.5, 0.6) is 0 Å². The molecule has 100 valence electrons. The molecule has 19 heavy (non-hydrogen) atoms. The number of nitrogens with zero attached hydrogens (tertiary/aromatic N) is 4. The number of methoxy groups -OCH3 is 1. The summed E-state index contributed by atoms with van der Waals surface area (Å²) in [6.07, 6.45) is 1.81. The first kappa shape index (κ1) is 12.6. The second-order valence-electron chi connectivity index (χ2n) is 4.24. The predicted molar refractivity (Wildman–Crippen MR) is 75.1 cm³/mol. The molecule has 0 aromatic carbocycles. The van der Waals surface area contributed by atoms with E-state index in [1.54, 1.807) is 7.11 Å². The van der Waals surface area contributed by atoms with Gasteiger partial charge in [-0.3, -0.25) is 0 Å². The normalized spacial score (nSPS) is 14.7. The van der Waals surface area contributed by atoms with Gasteiger partial charge in [-0.05, 0) is 22.0 Å². The molecule has 0 fully saturated rings. The lowest BCUT2D eigenvalue weighted by atomic mass is 10.2. The van der Waals surface area contributed by atoms with Crippen molar-refractivity contribution in [3.8, 4) is 11.4 Å². The first-order valence-electron chi connectivity index (χ1n) is 6.09. The van der Waals surface area contributed by atoms with Gasteiger partial charge in [0.25, 0.3) is 0 Å². The maximum atomic E-state index is 4.97. The van der Waals surface area contributed by atoms with Crippen molar-refractivity contribution in [3.05, 3.63) is 22.4 Å². The van der Waals surface area contributed by atoms with Crippen LogP contribution in [0.4, 0.5) is 5.82 Å². The average molecular weight is 324 g/mol. The Balaban J connectivity index is 2.10. The van der Waals surface area contributed by atoms with Crippen LogP contribution >= 0.6 is 15.9 Å². The van der Waals surface area contributed by atoms with E-state index in [2.05, 4.69) is 40.8 Å². The van der Waals surface area contributed by atoms with Crippen LogP contribution in [0.15, 0.2) is 21.7 Å². The Kier molecular flexibility index (Phi) is 3.48. The van der Waals surface area contributed by atoms with E-state index in [9.17, 15) is 0 Å².